The van der Waals surface area contributed by atoms with Crippen LogP contribution in [0.25, 0.3) is 0 Å². The maximum Gasteiger partial charge on any atom is 0.417 e. The molecule has 1 atom stereocenters. The van der Waals surface area contributed by atoms with Crippen molar-refractivity contribution < 1.29 is 26.9 Å². The van der Waals surface area contributed by atoms with Crippen molar-refractivity contribution in [3.8, 4) is 5.75 Å². The molecule has 1 amide bonds. The Labute approximate surface area is 177 Å². The van der Waals surface area contributed by atoms with Gasteiger partial charge in [-0.2, -0.15) is 8.42 Å². The monoisotopic (exact) mass is 433 g/mol. The smallest absolute Gasteiger partial charge is 0.410 e. The van der Waals surface area contributed by atoms with Gasteiger partial charge in [0.15, 0.2) is 0 Å². The van der Waals surface area contributed by atoms with Crippen LogP contribution in [0.3, 0.4) is 0 Å². The first-order chi connectivity index (χ1) is 14.3. The molecule has 0 bridgehead atoms. The Morgan fingerprint density at radius 1 is 0.967 bits per heavy atom. The SMILES string of the molecule is Cc1ccc(OC(=O)N2CCCCC2OCCOS(=O)(=O)c2ccc(C)cc2)cc1. The zero-order valence-corrected chi connectivity index (χ0v) is 18.1. The van der Waals surface area contributed by atoms with Crippen LogP contribution in [0.1, 0.15) is 30.4 Å². The second-order valence-corrected chi connectivity index (χ2v) is 8.90. The van der Waals surface area contributed by atoms with Gasteiger partial charge in [-0.05, 0) is 57.4 Å². The molecule has 1 unspecified atom stereocenters. The van der Waals surface area contributed by atoms with Crippen LogP contribution in [0.5, 0.6) is 5.75 Å². The van der Waals surface area contributed by atoms with Gasteiger partial charge in [-0.15, -0.1) is 0 Å². The normalized spacial score (nSPS) is 17.0. The molecule has 1 heterocycles. The topological polar surface area (TPSA) is 82.1 Å². The molecule has 0 N–H and O–H groups in total. The van der Waals surface area contributed by atoms with Gasteiger partial charge in [0.25, 0.3) is 10.1 Å². The summed E-state index contributed by atoms with van der Waals surface area (Å²) in [6.07, 6.45) is 1.50. The van der Waals surface area contributed by atoms with Gasteiger partial charge >= 0.3 is 6.09 Å². The highest BCUT2D eigenvalue weighted by Crippen LogP contribution is 2.21. The first-order valence-electron chi connectivity index (χ1n) is 9.98. The van der Waals surface area contributed by atoms with E-state index in [1.807, 2.05) is 26.0 Å². The van der Waals surface area contributed by atoms with Gasteiger partial charge < -0.3 is 9.47 Å². The quantitative estimate of drug-likeness (QED) is 0.484. The Morgan fingerprint density at radius 3 is 2.27 bits per heavy atom. The average Bonchev–Trinajstić information content (AvgIpc) is 2.73. The molecule has 2 aromatic rings. The number of ether oxygens (including phenoxy) is 2. The van der Waals surface area contributed by atoms with Crippen LogP contribution in [-0.4, -0.2) is 45.4 Å². The molecule has 30 heavy (non-hydrogen) atoms. The lowest BCUT2D eigenvalue weighted by molar-refractivity contribution is -0.0710. The molecule has 0 spiro atoms. The summed E-state index contributed by atoms with van der Waals surface area (Å²) in [5.41, 5.74) is 2.04. The van der Waals surface area contributed by atoms with Gasteiger partial charge in [0.2, 0.25) is 0 Å². The highest BCUT2D eigenvalue weighted by molar-refractivity contribution is 7.86. The molecular formula is C22H27NO6S. The number of piperidine rings is 1. The second kappa shape index (κ2) is 10.1. The Hall–Kier alpha value is -2.42. The summed E-state index contributed by atoms with van der Waals surface area (Å²) in [6, 6.07) is 13.7. The number of hydrogen-bond donors (Lipinski definition) is 0. The van der Waals surface area contributed by atoms with Gasteiger partial charge in [0.1, 0.15) is 12.0 Å². The van der Waals surface area contributed by atoms with Crippen molar-refractivity contribution in [1.82, 2.24) is 4.90 Å². The molecule has 1 saturated heterocycles. The summed E-state index contributed by atoms with van der Waals surface area (Å²) in [7, 11) is -3.84. The van der Waals surface area contributed by atoms with Gasteiger partial charge in [-0.25, -0.2) is 4.79 Å². The van der Waals surface area contributed by atoms with E-state index in [4.69, 9.17) is 13.7 Å². The number of likely N-dealkylation sites (tertiary alicyclic amines) is 1. The molecule has 1 aliphatic heterocycles. The van der Waals surface area contributed by atoms with Crippen LogP contribution < -0.4 is 4.74 Å². The molecule has 0 saturated carbocycles. The van der Waals surface area contributed by atoms with Crippen molar-refractivity contribution in [2.45, 2.75) is 44.2 Å². The van der Waals surface area contributed by atoms with Crippen LogP contribution in [0.4, 0.5) is 4.79 Å². The minimum Gasteiger partial charge on any atom is -0.410 e. The minimum atomic E-state index is -3.84. The third-order valence-corrected chi connectivity index (χ3v) is 6.18. The van der Waals surface area contributed by atoms with Gasteiger partial charge in [-0.3, -0.25) is 9.08 Å². The summed E-state index contributed by atoms with van der Waals surface area (Å²) in [6.45, 7) is 4.28. The lowest BCUT2D eigenvalue weighted by Gasteiger charge is -2.34. The zero-order valence-electron chi connectivity index (χ0n) is 17.2. The van der Waals surface area contributed by atoms with Crippen LogP contribution in [0.15, 0.2) is 53.4 Å². The molecule has 7 nitrogen and oxygen atoms in total. The lowest BCUT2D eigenvalue weighted by atomic mass is 10.1. The molecule has 1 fully saturated rings. The molecule has 0 radical (unpaired) electrons. The van der Waals surface area contributed by atoms with Crippen LogP contribution in [0.2, 0.25) is 0 Å². The Bertz CT molecular complexity index is 941. The molecule has 2 aromatic carbocycles. The maximum absolute atomic E-state index is 12.6. The molecule has 8 heteroatoms. The number of hydrogen-bond acceptors (Lipinski definition) is 6. The summed E-state index contributed by atoms with van der Waals surface area (Å²) in [4.78, 5) is 14.2. The number of nitrogens with zero attached hydrogens (tertiary/aromatic N) is 1. The van der Waals surface area contributed by atoms with E-state index >= 15 is 0 Å². The largest absolute Gasteiger partial charge is 0.417 e. The standard InChI is InChI=1S/C22H27NO6S/c1-17-6-10-19(11-7-17)29-22(24)23-14-4-3-5-21(23)27-15-16-28-30(25,26)20-12-8-18(2)9-13-20/h6-13,21H,3-5,14-16H2,1-2H3. The fraction of sp³-hybridized carbons (Fsp3) is 0.409. The van der Waals surface area contributed by atoms with Gasteiger partial charge in [0, 0.05) is 6.54 Å². The van der Waals surface area contributed by atoms with Crippen molar-refractivity contribution >= 4 is 16.2 Å². The highest BCUT2D eigenvalue weighted by atomic mass is 32.2. The van der Waals surface area contributed by atoms with Crippen molar-refractivity contribution in [2.24, 2.45) is 0 Å². The fourth-order valence-electron chi connectivity index (χ4n) is 3.15. The van der Waals surface area contributed by atoms with Crippen molar-refractivity contribution in [3.63, 3.8) is 0 Å². The molecule has 3 rings (SSSR count). The third-order valence-electron chi connectivity index (χ3n) is 4.85. The predicted molar refractivity (Wildman–Crippen MR) is 112 cm³/mol. The number of amides is 1. The maximum atomic E-state index is 12.6. The summed E-state index contributed by atoms with van der Waals surface area (Å²) in [5.74, 6) is 0.474. The van der Waals surface area contributed by atoms with Crippen molar-refractivity contribution in [2.75, 3.05) is 19.8 Å². The van der Waals surface area contributed by atoms with Crippen LogP contribution >= 0.6 is 0 Å². The van der Waals surface area contributed by atoms with Crippen molar-refractivity contribution in [1.29, 1.82) is 0 Å². The highest BCUT2D eigenvalue weighted by Gasteiger charge is 2.29. The zero-order chi connectivity index (χ0) is 21.6. The van der Waals surface area contributed by atoms with E-state index in [2.05, 4.69) is 0 Å². The number of carbonyl (C=O) groups excluding carboxylic acids is 1. The van der Waals surface area contributed by atoms with Crippen molar-refractivity contribution in [3.05, 3.63) is 59.7 Å². The summed E-state index contributed by atoms with van der Waals surface area (Å²) < 4.78 is 40.7. The third kappa shape index (κ3) is 6.04. The van der Waals surface area contributed by atoms with E-state index in [-0.39, 0.29) is 18.1 Å². The Morgan fingerprint density at radius 2 is 1.60 bits per heavy atom. The molecule has 162 valence electrons. The Balaban J connectivity index is 1.51. The van der Waals surface area contributed by atoms with Crippen LogP contribution in [-0.2, 0) is 19.0 Å². The van der Waals surface area contributed by atoms with Gasteiger partial charge in [-0.1, -0.05) is 35.4 Å². The lowest BCUT2D eigenvalue weighted by Crippen LogP contribution is -2.46. The summed E-state index contributed by atoms with van der Waals surface area (Å²) in [5, 5.41) is 0. The van der Waals surface area contributed by atoms with E-state index in [0.717, 1.165) is 24.0 Å². The van der Waals surface area contributed by atoms with E-state index in [9.17, 15) is 13.2 Å². The minimum absolute atomic E-state index is 0.0457. The summed E-state index contributed by atoms with van der Waals surface area (Å²) >= 11 is 0. The second-order valence-electron chi connectivity index (χ2n) is 7.28. The van der Waals surface area contributed by atoms with Crippen LogP contribution in [0, 0.1) is 13.8 Å². The van der Waals surface area contributed by atoms with E-state index in [0.29, 0.717) is 18.7 Å². The average molecular weight is 434 g/mol. The van der Waals surface area contributed by atoms with E-state index < -0.39 is 22.4 Å². The van der Waals surface area contributed by atoms with E-state index in [1.165, 1.54) is 17.0 Å². The Kier molecular flexibility index (Phi) is 7.47. The number of rotatable bonds is 7. The number of benzene rings is 2. The first kappa shape index (κ1) is 22.3. The number of carbonyl (C=O) groups is 1. The first-order valence-corrected chi connectivity index (χ1v) is 11.4. The van der Waals surface area contributed by atoms with E-state index in [1.54, 1.807) is 24.3 Å². The number of aryl methyl sites for hydroxylation is 2. The van der Waals surface area contributed by atoms with Gasteiger partial charge in [0.05, 0.1) is 18.1 Å². The molecule has 0 aromatic heterocycles. The molecular weight excluding hydrogens is 406 g/mol. The fourth-order valence-corrected chi connectivity index (χ4v) is 4.04. The predicted octanol–water partition coefficient (Wildman–Crippen LogP) is 4.04. The molecule has 0 aliphatic carbocycles. The molecule has 1 aliphatic rings.